The lowest BCUT2D eigenvalue weighted by Gasteiger charge is -2.52. The zero-order chi connectivity index (χ0) is 104. The summed E-state index contributed by atoms with van der Waals surface area (Å²) >= 11 is 0. The smallest absolute Gasteiger partial charge is 0.472 e. The Labute approximate surface area is 818 Å². The molecule has 0 aliphatic carbocycles. The van der Waals surface area contributed by atoms with E-state index in [0.717, 1.165) is 180 Å². The quantitative estimate of drug-likeness (QED) is 0.0233. The average molecular weight is 2070 g/mol. The molecule has 0 radical (unpaired) electrons. The number of rotatable bonds is 75. The van der Waals surface area contributed by atoms with Crippen molar-refractivity contribution >= 4 is 57.3 Å². The lowest BCUT2D eigenvalue weighted by Crippen LogP contribution is -2.70. The van der Waals surface area contributed by atoms with Gasteiger partial charge in [0, 0.05) is 19.3 Å². The summed E-state index contributed by atoms with van der Waals surface area (Å²) < 4.78 is 103. The second-order valence-corrected chi connectivity index (χ2v) is 40.4. The number of hydrogen-bond acceptors (Lipinski definition) is 37. The standard InChI is InChI=1S/C92H166N2O44P2/c1-5-9-13-17-21-25-29-33-37-41-57(98)45-69(106)93-73-83(130-71(108)47-59(100)43-39-35-31-27-23-19-15-11-7-3)78(113)67(128-86(73)138-140(123,124)125)55-126-85-74(94-70(107)46-58(99)42-38-34-30-26-22-18-14-10-6-2)84(131-72(109)48-60(101)44-40-36-32-28-24-20-16-12-8-4)82(137-139(120,121)122)68(129-85)56-127-90(87(114)115)50-65(76(111)80(134-90)63(104)53-96)133-92(89(118)119)51-66(77(112)81(136-92)64(105)54-97)132-91(88(116)117)49-61(102)75(110)79(135-91)62(103)52-95/h57-68,73-86,95-105,110-113H,5-56H2,1-4H3,(H,93,106)(H,94,107)(H,114,115)(H,116,117)(H,118,119)(H2,120,121,122)(H2,123,124,125)/t57-,58-,59-,60-,61-,62-,63-,64-,65-,66-,67-,68-,73-,74-,75-,76-,77-,78-,79-,80-,81-,82-,83-,84-,85-,86-,90-,91-,92-/m1/s1. The van der Waals surface area contributed by atoms with Crippen LogP contribution < -0.4 is 10.6 Å². The van der Waals surface area contributed by atoms with E-state index in [9.17, 15) is 154 Å². The van der Waals surface area contributed by atoms with Gasteiger partial charge in [0.1, 0.15) is 91.4 Å². The molecule has 0 bridgehead atoms. The number of hydrogen-bond donors (Lipinski definition) is 24. The molecule has 0 aromatic rings. The number of phosphoric acid groups is 2. The normalized spacial score (nSPS) is 30.0. The van der Waals surface area contributed by atoms with Crippen molar-refractivity contribution in [2.75, 3.05) is 33.0 Å². The van der Waals surface area contributed by atoms with Gasteiger partial charge in [-0.25, -0.2) is 23.5 Å². The van der Waals surface area contributed by atoms with Crippen LogP contribution in [0.5, 0.6) is 0 Å². The molecule has 24 N–H and O–H groups in total. The number of unbranched alkanes of at least 4 members (excludes halogenated alkanes) is 32. The summed E-state index contributed by atoms with van der Waals surface area (Å²) in [6.07, 6.45) is -31.2. The monoisotopic (exact) mass is 2070 g/mol. The van der Waals surface area contributed by atoms with Crippen LogP contribution in [0.15, 0.2) is 0 Å². The van der Waals surface area contributed by atoms with E-state index in [1.54, 1.807) is 0 Å². The van der Waals surface area contributed by atoms with Crippen molar-refractivity contribution in [1.82, 2.24) is 10.6 Å². The molecule has 2 amide bonds. The molecule has 46 nitrogen and oxygen atoms in total. The van der Waals surface area contributed by atoms with Crippen molar-refractivity contribution in [1.29, 1.82) is 0 Å². The number of aliphatic hydroxyl groups excluding tert-OH is 15. The average Bonchev–Trinajstić information content (AvgIpc) is 0.738. The second-order valence-electron chi connectivity index (χ2n) is 38.0. The first-order valence-corrected chi connectivity index (χ1v) is 53.6. The van der Waals surface area contributed by atoms with Gasteiger partial charge in [-0.3, -0.25) is 28.2 Å². The number of carbonyl (C=O) groups excluding carboxylic acids is 4. The van der Waals surface area contributed by atoms with Crippen LogP contribution >= 0.6 is 15.6 Å². The van der Waals surface area contributed by atoms with Crippen molar-refractivity contribution in [3.63, 3.8) is 0 Å². The molecule has 818 valence electrons. The zero-order valence-electron chi connectivity index (χ0n) is 81.5. The third-order valence-corrected chi connectivity index (χ3v) is 27.0. The molecule has 5 aliphatic heterocycles. The van der Waals surface area contributed by atoms with Crippen LogP contribution in [0.2, 0.25) is 0 Å². The Morgan fingerprint density at radius 2 is 0.671 bits per heavy atom. The minimum atomic E-state index is -6.21. The van der Waals surface area contributed by atoms with E-state index in [1.807, 2.05) is 0 Å². The summed E-state index contributed by atoms with van der Waals surface area (Å²) in [4.78, 5) is 143. The molecule has 0 aromatic heterocycles. The molecule has 5 fully saturated rings. The maximum atomic E-state index is 14.8. The Morgan fingerprint density at radius 3 is 1.02 bits per heavy atom. The number of carbonyl (C=O) groups is 7. The zero-order valence-corrected chi connectivity index (χ0v) is 83.3. The Bertz CT molecular complexity index is 3620. The van der Waals surface area contributed by atoms with Gasteiger partial charge in [0.05, 0.1) is 101 Å². The van der Waals surface area contributed by atoms with Crippen LogP contribution in [0.4, 0.5) is 0 Å². The Morgan fingerprint density at radius 1 is 0.364 bits per heavy atom. The van der Waals surface area contributed by atoms with Crippen molar-refractivity contribution in [2.45, 2.75) is 506 Å². The van der Waals surface area contributed by atoms with Crippen LogP contribution in [-0.4, -0.2) is 362 Å². The second kappa shape index (κ2) is 65.4. The van der Waals surface area contributed by atoms with E-state index in [4.69, 9.17) is 61.2 Å². The summed E-state index contributed by atoms with van der Waals surface area (Å²) in [5.41, 5.74) is 0. The molecule has 0 aromatic carbocycles. The first-order chi connectivity index (χ1) is 66.4. The van der Waals surface area contributed by atoms with E-state index in [1.165, 1.54) is 0 Å². The highest BCUT2D eigenvalue weighted by Gasteiger charge is 2.65. The van der Waals surface area contributed by atoms with Crippen LogP contribution in [0.3, 0.4) is 0 Å². The molecule has 140 heavy (non-hydrogen) atoms. The van der Waals surface area contributed by atoms with E-state index in [-0.39, 0.29) is 25.7 Å². The fraction of sp³-hybridized carbons (Fsp3) is 0.924. The Balaban J connectivity index is 1.71. The summed E-state index contributed by atoms with van der Waals surface area (Å²) in [6, 6.07) is -4.48. The molecule has 5 aliphatic rings. The van der Waals surface area contributed by atoms with Gasteiger partial charge in [0.25, 0.3) is 17.4 Å². The first kappa shape index (κ1) is 126. The van der Waals surface area contributed by atoms with E-state index >= 15 is 0 Å². The van der Waals surface area contributed by atoms with Gasteiger partial charge in [0.15, 0.2) is 24.8 Å². The predicted molar refractivity (Wildman–Crippen MR) is 491 cm³/mol. The van der Waals surface area contributed by atoms with E-state index in [0.29, 0.717) is 51.4 Å². The fourth-order valence-corrected chi connectivity index (χ4v) is 19.2. The van der Waals surface area contributed by atoms with Gasteiger partial charge in [-0.1, -0.05) is 259 Å². The van der Waals surface area contributed by atoms with Gasteiger partial charge in [-0.2, -0.15) is 0 Å². The van der Waals surface area contributed by atoms with Crippen molar-refractivity contribution in [3.8, 4) is 0 Å². The van der Waals surface area contributed by atoms with Gasteiger partial charge >= 0.3 is 45.5 Å². The lowest BCUT2D eigenvalue weighted by atomic mass is 9.89. The largest absolute Gasteiger partial charge is 0.477 e. The molecule has 0 unspecified atom stereocenters. The van der Waals surface area contributed by atoms with Crippen LogP contribution in [0, 0.1) is 0 Å². The number of aliphatic carboxylic acids is 3. The van der Waals surface area contributed by atoms with Crippen LogP contribution in [0.25, 0.3) is 0 Å². The molecular formula is C92H166N2O44P2. The van der Waals surface area contributed by atoms with E-state index < -0.39 is 312 Å². The highest BCUT2D eigenvalue weighted by molar-refractivity contribution is 7.46. The minimum Gasteiger partial charge on any atom is -0.477 e. The number of ether oxygens (including phenoxy) is 11. The summed E-state index contributed by atoms with van der Waals surface area (Å²) in [6.45, 7) is 1.16. The molecule has 0 spiro atoms. The Hall–Kier alpha value is -4.45. The van der Waals surface area contributed by atoms with Gasteiger partial charge in [0.2, 0.25) is 11.8 Å². The number of phosphoric ester groups is 2. The third-order valence-electron chi connectivity index (χ3n) is 26.0. The van der Waals surface area contributed by atoms with Crippen LogP contribution in [0.1, 0.15) is 329 Å². The molecule has 48 heteroatoms. The highest BCUT2D eigenvalue weighted by atomic mass is 31.2. The van der Waals surface area contributed by atoms with Crippen molar-refractivity contribution < 1.29 is 215 Å². The summed E-state index contributed by atoms with van der Waals surface area (Å²) in [5.74, 6) is -22.8. The lowest BCUT2D eigenvalue weighted by molar-refractivity contribution is -0.394. The highest BCUT2D eigenvalue weighted by Crippen LogP contribution is 2.48. The number of carboxylic acid groups (broad SMARTS) is 3. The topological polar surface area (TPSA) is 743 Å². The number of carboxylic acids is 3. The molecule has 5 rings (SSSR count). The van der Waals surface area contributed by atoms with Crippen molar-refractivity contribution in [2.24, 2.45) is 0 Å². The number of amides is 2. The van der Waals surface area contributed by atoms with Gasteiger partial charge in [-0.15, -0.1) is 0 Å². The molecular weight excluding hydrogens is 1900 g/mol. The molecule has 5 heterocycles. The maximum absolute atomic E-state index is 14.8. The van der Waals surface area contributed by atoms with E-state index in [2.05, 4.69) is 38.3 Å². The van der Waals surface area contributed by atoms with Gasteiger partial charge < -0.3 is 174 Å². The third kappa shape index (κ3) is 43.4. The van der Waals surface area contributed by atoms with Crippen LogP contribution in [-0.2, 0) is 104 Å². The Kier molecular flexibility index (Phi) is 58.9. The molecule has 29 atom stereocenters. The number of aliphatic hydroxyl groups is 15. The summed E-state index contributed by atoms with van der Waals surface area (Å²) in [5, 5.41) is 207. The number of nitrogens with one attached hydrogen (secondary N) is 2. The van der Waals surface area contributed by atoms with Gasteiger partial charge in [-0.05, 0) is 25.7 Å². The SMILES string of the molecule is CCCCCCCCCCC[C@@H](O)CC(=O)N[C@H]1[C@H](OC[C@H]2O[C@H](OP(=O)(O)O)[C@H](NC(=O)C[C@H](O)CCCCCCCCCCC)[C@@H](OC(=O)C[C@H](O)CCCCCCCCCCC)[C@@H]2O)O[C@H](CO[C@]2(C(=O)O)C[C@@H](O[C@]3(C(=O)O)C[C@@H](O[C@]4(C(=O)O)C[C@@H](O)[C@@H](O)[C@@H]([C@H](O)CO)O4)[C@@H](O)[C@@H]([C@H](O)CO)O3)[C@@H](O)[C@@H]([C@H](O)CO)O2)[C@@H](OP(=O)(O)O)[C@@H]1OC(=O)C[C@H](O)CCCCCCCCCCC. The fourth-order valence-electron chi connectivity index (χ4n) is 18.2. The predicted octanol–water partition coefficient (Wildman–Crippen LogP) is 3.88. The maximum Gasteiger partial charge on any atom is 0.472 e. The van der Waals surface area contributed by atoms with Crippen molar-refractivity contribution in [3.05, 3.63) is 0 Å². The minimum absolute atomic E-state index is 0.00797. The molecule has 0 saturated carbocycles. The molecule has 5 saturated heterocycles. The summed E-state index contributed by atoms with van der Waals surface area (Å²) in [7, 11) is -12.1. The first-order valence-electron chi connectivity index (χ1n) is 50.5. The number of esters is 2.